The van der Waals surface area contributed by atoms with Crippen molar-refractivity contribution in [3.8, 4) is 5.75 Å². The van der Waals surface area contributed by atoms with Crippen molar-refractivity contribution < 1.29 is 22.7 Å². The van der Waals surface area contributed by atoms with Crippen LogP contribution in [-0.2, 0) is 26.2 Å². The molecule has 2 aromatic rings. The van der Waals surface area contributed by atoms with Crippen LogP contribution in [-0.4, -0.2) is 56.6 Å². The molecule has 8 nitrogen and oxygen atoms in total. The maximum absolute atomic E-state index is 13.8. The Morgan fingerprint density at radius 3 is 2.43 bits per heavy atom. The molecule has 2 amide bonds. The number of hydrogen-bond donors (Lipinski definition) is 1. The van der Waals surface area contributed by atoms with E-state index in [1.807, 2.05) is 38.1 Å². The summed E-state index contributed by atoms with van der Waals surface area (Å²) < 4.78 is 32.4. The number of anilines is 1. The highest BCUT2D eigenvalue weighted by Crippen LogP contribution is 2.30. The quantitative estimate of drug-likeness (QED) is 0.474. The van der Waals surface area contributed by atoms with E-state index in [9.17, 15) is 18.0 Å². The number of para-hydroxylation sites is 2. The number of hydrogen-bond acceptors (Lipinski definition) is 5. The second kappa shape index (κ2) is 12.9. The predicted molar refractivity (Wildman–Crippen MR) is 146 cm³/mol. The third kappa shape index (κ3) is 7.95. The van der Waals surface area contributed by atoms with E-state index in [0.29, 0.717) is 12.4 Å². The zero-order valence-corrected chi connectivity index (χ0v) is 23.1. The van der Waals surface area contributed by atoms with Gasteiger partial charge in [-0.25, -0.2) is 8.42 Å². The molecule has 0 aromatic heterocycles. The highest BCUT2D eigenvalue weighted by molar-refractivity contribution is 7.92. The summed E-state index contributed by atoms with van der Waals surface area (Å²) in [6.07, 6.45) is 6.25. The van der Waals surface area contributed by atoms with Crippen molar-refractivity contribution in [2.24, 2.45) is 0 Å². The Morgan fingerprint density at radius 1 is 1.08 bits per heavy atom. The van der Waals surface area contributed by atoms with Crippen molar-refractivity contribution in [3.63, 3.8) is 0 Å². The summed E-state index contributed by atoms with van der Waals surface area (Å²) in [5.41, 5.74) is 2.19. The number of carbonyl (C=O) groups is 2. The molecule has 202 valence electrons. The number of nitrogens with one attached hydrogen (secondary N) is 1. The maximum Gasteiger partial charge on any atom is 0.244 e. The normalized spacial score (nSPS) is 15.0. The number of carbonyl (C=O) groups excluding carboxylic acids is 2. The molecule has 1 N–H and O–H groups in total. The van der Waals surface area contributed by atoms with Gasteiger partial charge in [0, 0.05) is 12.6 Å². The van der Waals surface area contributed by atoms with Gasteiger partial charge in [-0.3, -0.25) is 13.9 Å². The van der Waals surface area contributed by atoms with Gasteiger partial charge in [0.2, 0.25) is 21.8 Å². The molecule has 0 saturated heterocycles. The molecular formula is C28H39N3O5S. The first-order valence-electron chi connectivity index (χ1n) is 12.9. The van der Waals surface area contributed by atoms with E-state index in [1.54, 1.807) is 31.2 Å². The number of sulfonamides is 1. The van der Waals surface area contributed by atoms with E-state index in [-0.39, 0.29) is 24.2 Å². The van der Waals surface area contributed by atoms with Gasteiger partial charge in [-0.1, -0.05) is 61.2 Å². The van der Waals surface area contributed by atoms with Gasteiger partial charge >= 0.3 is 0 Å². The van der Waals surface area contributed by atoms with Crippen molar-refractivity contribution >= 4 is 27.5 Å². The Bertz CT molecular complexity index is 1180. The zero-order chi connectivity index (χ0) is 27.0. The van der Waals surface area contributed by atoms with Crippen LogP contribution < -0.4 is 14.4 Å². The number of amides is 2. The van der Waals surface area contributed by atoms with Crippen LogP contribution in [0.25, 0.3) is 0 Å². The fourth-order valence-corrected chi connectivity index (χ4v) is 5.55. The van der Waals surface area contributed by atoms with Crippen LogP contribution in [0.15, 0.2) is 48.5 Å². The molecule has 0 spiro atoms. The summed E-state index contributed by atoms with van der Waals surface area (Å²) >= 11 is 0. The highest BCUT2D eigenvalue weighted by atomic mass is 32.2. The van der Waals surface area contributed by atoms with Crippen molar-refractivity contribution in [1.29, 1.82) is 0 Å². The molecule has 37 heavy (non-hydrogen) atoms. The minimum absolute atomic E-state index is 0.102. The lowest BCUT2D eigenvalue weighted by Gasteiger charge is -2.33. The first-order valence-corrected chi connectivity index (χ1v) is 14.8. The maximum atomic E-state index is 13.8. The van der Waals surface area contributed by atoms with Gasteiger partial charge in [-0.05, 0) is 51.3 Å². The average molecular weight is 530 g/mol. The molecule has 1 aliphatic carbocycles. The van der Waals surface area contributed by atoms with Crippen LogP contribution in [0.4, 0.5) is 5.69 Å². The highest BCUT2D eigenvalue weighted by Gasteiger charge is 2.32. The molecule has 2 aromatic carbocycles. The van der Waals surface area contributed by atoms with E-state index in [4.69, 9.17) is 4.74 Å². The summed E-state index contributed by atoms with van der Waals surface area (Å²) in [5, 5.41) is 3.11. The van der Waals surface area contributed by atoms with Crippen molar-refractivity contribution in [2.75, 3.05) is 23.7 Å². The Balaban J connectivity index is 1.90. The predicted octanol–water partition coefficient (Wildman–Crippen LogP) is 4.03. The first-order chi connectivity index (χ1) is 17.6. The van der Waals surface area contributed by atoms with Gasteiger partial charge in [0.05, 0.1) is 18.6 Å². The fourth-order valence-electron chi connectivity index (χ4n) is 4.69. The third-order valence-electron chi connectivity index (χ3n) is 6.67. The van der Waals surface area contributed by atoms with E-state index < -0.39 is 28.5 Å². The summed E-state index contributed by atoms with van der Waals surface area (Å²) in [5.74, 6) is -0.324. The van der Waals surface area contributed by atoms with Crippen LogP contribution >= 0.6 is 0 Å². The molecule has 0 bridgehead atoms. The Morgan fingerprint density at radius 2 is 1.78 bits per heavy atom. The van der Waals surface area contributed by atoms with Crippen molar-refractivity contribution in [1.82, 2.24) is 10.2 Å². The van der Waals surface area contributed by atoms with Crippen LogP contribution in [0, 0.1) is 6.92 Å². The molecule has 0 aliphatic heterocycles. The first kappa shape index (κ1) is 28.5. The van der Waals surface area contributed by atoms with Gasteiger partial charge in [0.15, 0.2) is 0 Å². The smallest absolute Gasteiger partial charge is 0.244 e. The lowest BCUT2D eigenvalue weighted by atomic mass is 9.95. The van der Waals surface area contributed by atoms with Gasteiger partial charge in [-0.15, -0.1) is 0 Å². The summed E-state index contributed by atoms with van der Waals surface area (Å²) in [6, 6.07) is 13.8. The van der Waals surface area contributed by atoms with Gasteiger partial charge in [-0.2, -0.15) is 0 Å². The number of aryl methyl sites for hydroxylation is 1. The monoisotopic (exact) mass is 529 g/mol. The molecule has 1 saturated carbocycles. The lowest BCUT2D eigenvalue weighted by Crippen LogP contribution is -2.53. The number of nitrogens with zero attached hydrogens (tertiary/aromatic N) is 2. The molecule has 1 atom stereocenters. The lowest BCUT2D eigenvalue weighted by molar-refractivity contribution is -0.139. The zero-order valence-electron chi connectivity index (χ0n) is 22.3. The molecule has 0 radical (unpaired) electrons. The average Bonchev–Trinajstić information content (AvgIpc) is 2.86. The summed E-state index contributed by atoms with van der Waals surface area (Å²) in [4.78, 5) is 28.5. The van der Waals surface area contributed by atoms with Crippen LogP contribution in [0.1, 0.15) is 57.1 Å². The minimum atomic E-state index is -3.83. The van der Waals surface area contributed by atoms with Crippen molar-refractivity contribution in [3.05, 3.63) is 59.7 Å². The van der Waals surface area contributed by atoms with Gasteiger partial charge in [0.1, 0.15) is 18.3 Å². The molecule has 1 aliphatic rings. The molecule has 1 unspecified atom stereocenters. The SMILES string of the molecule is CCOc1ccccc1N(CC(=O)N(Cc1cccc(C)c1)C(C)C(=O)NC1CCCCC1)S(C)(=O)=O. The standard InChI is InChI=1S/C28H39N3O5S/c1-5-36-26-17-10-9-16-25(26)31(37(4,34)35)20-27(32)30(19-23-13-11-12-21(2)18-23)22(3)28(33)29-24-14-7-6-8-15-24/h9-13,16-18,22,24H,5-8,14-15,19-20H2,1-4H3,(H,29,33). The fraction of sp³-hybridized carbons (Fsp3) is 0.500. The minimum Gasteiger partial charge on any atom is -0.492 e. The molecular weight excluding hydrogens is 490 g/mol. The summed E-state index contributed by atoms with van der Waals surface area (Å²) in [7, 11) is -3.83. The second-order valence-electron chi connectivity index (χ2n) is 9.70. The Hall–Kier alpha value is -3.07. The molecule has 0 heterocycles. The van der Waals surface area contributed by atoms with E-state index in [0.717, 1.165) is 47.4 Å². The van der Waals surface area contributed by atoms with Crippen LogP contribution in [0.2, 0.25) is 0 Å². The number of benzene rings is 2. The van der Waals surface area contributed by atoms with E-state index in [1.165, 1.54) is 11.3 Å². The van der Waals surface area contributed by atoms with Crippen LogP contribution in [0.5, 0.6) is 5.75 Å². The number of ether oxygens (including phenoxy) is 1. The van der Waals surface area contributed by atoms with Crippen LogP contribution in [0.3, 0.4) is 0 Å². The Kier molecular flexibility index (Phi) is 9.97. The topological polar surface area (TPSA) is 96.0 Å². The van der Waals surface area contributed by atoms with Crippen molar-refractivity contribution in [2.45, 2.75) is 71.5 Å². The van der Waals surface area contributed by atoms with E-state index >= 15 is 0 Å². The second-order valence-corrected chi connectivity index (χ2v) is 11.6. The Labute approximate surface area is 221 Å². The molecule has 9 heteroatoms. The van der Waals surface area contributed by atoms with Gasteiger partial charge in [0.25, 0.3) is 0 Å². The number of rotatable bonds is 11. The van der Waals surface area contributed by atoms with Gasteiger partial charge < -0.3 is 15.0 Å². The largest absolute Gasteiger partial charge is 0.492 e. The molecule has 3 rings (SSSR count). The third-order valence-corrected chi connectivity index (χ3v) is 7.79. The summed E-state index contributed by atoms with van der Waals surface area (Å²) in [6.45, 7) is 5.55. The molecule has 1 fully saturated rings. The van der Waals surface area contributed by atoms with E-state index in [2.05, 4.69) is 5.32 Å².